The Balaban J connectivity index is 1.90. The van der Waals surface area contributed by atoms with Crippen LogP contribution >= 0.6 is 39.7 Å². The summed E-state index contributed by atoms with van der Waals surface area (Å²) in [5, 5.41) is 13.0. The highest BCUT2D eigenvalue weighted by atomic mass is 79.9. The number of nitro groups is 1. The van der Waals surface area contributed by atoms with Gasteiger partial charge in [-0.25, -0.2) is 0 Å². The number of halogens is 2. The van der Waals surface area contributed by atoms with Crippen LogP contribution in [-0.2, 0) is 4.79 Å². The fourth-order valence-corrected chi connectivity index (χ4v) is 3.28. The van der Waals surface area contributed by atoms with Crippen LogP contribution in [-0.4, -0.2) is 28.5 Å². The molecule has 0 saturated carbocycles. The van der Waals surface area contributed by atoms with E-state index in [1.54, 1.807) is 0 Å². The van der Waals surface area contributed by atoms with E-state index in [-0.39, 0.29) is 28.2 Å². The Morgan fingerprint density at radius 2 is 1.94 bits per heavy atom. The zero-order chi connectivity index (χ0) is 24.0. The lowest BCUT2D eigenvalue weighted by molar-refractivity contribution is -0.384. The summed E-state index contributed by atoms with van der Waals surface area (Å²) in [6.45, 7) is 5.65. The molecule has 2 aromatic carbocycles. The Kier molecular flexibility index (Phi) is 8.93. The SMILES string of the molecule is Cc1cc(OCC(=O)NC(=S)NNC(=O)c2ccc(Cl)c([N+](=O)[O-])c2)c(C(C)C)cc1Br. The van der Waals surface area contributed by atoms with E-state index >= 15 is 0 Å². The Labute approximate surface area is 203 Å². The fraction of sp³-hybridized carbons (Fsp3) is 0.250. The van der Waals surface area contributed by atoms with Gasteiger partial charge in [-0.2, -0.15) is 0 Å². The van der Waals surface area contributed by atoms with Gasteiger partial charge in [-0.05, 0) is 60.5 Å². The van der Waals surface area contributed by atoms with Crippen LogP contribution in [0.15, 0.2) is 34.8 Å². The molecule has 32 heavy (non-hydrogen) atoms. The molecule has 0 unspecified atom stereocenters. The number of nitrogens with one attached hydrogen (secondary N) is 3. The second-order valence-corrected chi connectivity index (χ2v) is 8.63. The third-order valence-electron chi connectivity index (χ3n) is 4.22. The standard InChI is InChI=1S/C20H20BrClN4O5S/c1-10(2)13-8-14(21)11(3)6-17(13)31-9-18(27)23-20(32)25-24-19(28)12-4-5-15(22)16(7-12)26(29)30/h4-8,10H,9H2,1-3H3,(H,24,28)(H2,23,25,27,32). The molecular weight excluding hydrogens is 524 g/mol. The molecule has 0 atom stereocenters. The lowest BCUT2D eigenvalue weighted by atomic mass is 10.0. The first-order chi connectivity index (χ1) is 15.0. The summed E-state index contributed by atoms with van der Waals surface area (Å²) in [6, 6.07) is 7.38. The summed E-state index contributed by atoms with van der Waals surface area (Å²) in [5.74, 6) is -0.461. The third kappa shape index (κ3) is 6.87. The lowest BCUT2D eigenvalue weighted by Crippen LogP contribution is -2.49. The molecule has 0 aliphatic heterocycles. The number of nitro benzene ring substituents is 1. The predicted octanol–water partition coefficient (Wildman–Crippen LogP) is 4.16. The number of amides is 2. The van der Waals surface area contributed by atoms with Gasteiger partial charge in [-0.1, -0.05) is 41.4 Å². The molecule has 0 spiro atoms. The van der Waals surface area contributed by atoms with E-state index in [4.69, 9.17) is 28.6 Å². The average molecular weight is 544 g/mol. The number of nitrogens with zero attached hydrogens (tertiary/aromatic N) is 1. The molecule has 9 nitrogen and oxygen atoms in total. The number of hydrogen-bond donors (Lipinski definition) is 3. The highest BCUT2D eigenvalue weighted by Crippen LogP contribution is 2.32. The van der Waals surface area contributed by atoms with Gasteiger partial charge in [0.1, 0.15) is 10.8 Å². The molecule has 0 aliphatic rings. The third-order valence-corrected chi connectivity index (χ3v) is 5.60. The van der Waals surface area contributed by atoms with Crippen molar-refractivity contribution in [3.8, 4) is 5.75 Å². The van der Waals surface area contributed by atoms with Crippen LogP contribution < -0.4 is 20.9 Å². The molecule has 0 heterocycles. The summed E-state index contributed by atoms with van der Waals surface area (Å²) in [5.41, 5.74) is 6.09. The number of carbonyl (C=O) groups excluding carboxylic acids is 2. The van der Waals surface area contributed by atoms with Crippen LogP contribution in [0.4, 0.5) is 5.69 Å². The number of aryl methyl sites for hydroxylation is 1. The maximum Gasteiger partial charge on any atom is 0.288 e. The predicted molar refractivity (Wildman–Crippen MR) is 128 cm³/mol. The van der Waals surface area contributed by atoms with Crippen molar-refractivity contribution in [1.82, 2.24) is 16.2 Å². The Hall–Kier alpha value is -2.76. The molecule has 2 aromatic rings. The van der Waals surface area contributed by atoms with Crippen molar-refractivity contribution >= 4 is 62.4 Å². The molecular formula is C20H20BrClN4O5S. The zero-order valence-corrected chi connectivity index (χ0v) is 20.5. The van der Waals surface area contributed by atoms with Crippen molar-refractivity contribution in [2.24, 2.45) is 0 Å². The highest BCUT2D eigenvalue weighted by Gasteiger charge is 2.17. The molecule has 3 N–H and O–H groups in total. The largest absolute Gasteiger partial charge is 0.483 e. The van der Waals surface area contributed by atoms with Gasteiger partial charge in [-0.3, -0.25) is 35.9 Å². The van der Waals surface area contributed by atoms with Gasteiger partial charge in [0.15, 0.2) is 11.7 Å². The molecule has 0 aromatic heterocycles. The number of ether oxygens (including phenoxy) is 1. The van der Waals surface area contributed by atoms with E-state index < -0.39 is 22.4 Å². The van der Waals surface area contributed by atoms with Gasteiger partial charge in [0.05, 0.1) is 4.92 Å². The van der Waals surface area contributed by atoms with Crippen molar-refractivity contribution in [3.63, 3.8) is 0 Å². The zero-order valence-electron chi connectivity index (χ0n) is 17.3. The fourth-order valence-electron chi connectivity index (χ4n) is 2.56. The Morgan fingerprint density at radius 1 is 1.25 bits per heavy atom. The van der Waals surface area contributed by atoms with Crippen LogP contribution in [0.1, 0.15) is 41.3 Å². The van der Waals surface area contributed by atoms with Gasteiger partial charge in [0.2, 0.25) is 0 Å². The molecule has 170 valence electrons. The number of benzene rings is 2. The smallest absolute Gasteiger partial charge is 0.288 e. The number of rotatable bonds is 6. The molecule has 0 fully saturated rings. The topological polar surface area (TPSA) is 123 Å². The Bertz CT molecular complexity index is 1080. The molecule has 2 rings (SSSR count). The quantitative estimate of drug-likeness (QED) is 0.284. The molecule has 2 amide bonds. The molecule has 0 bridgehead atoms. The number of hydrogen-bond acceptors (Lipinski definition) is 6. The van der Waals surface area contributed by atoms with Crippen LogP contribution in [0.25, 0.3) is 0 Å². The second kappa shape index (κ2) is 11.2. The number of thiocarbonyl (C=S) groups is 1. The summed E-state index contributed by atoms with van der Waals surface area (Å²) in [6.07, 6.45) is 0. The molecule has 0 aliphatic carbocycles. The van der Waals surface area contributed by atoms with Crippen LogP contribution in [0.3, 0.4) is 0 Å². The van der Waals surface area contributed by atoms with E-state index in [0.717, 1.165) is 21.7 Å². The molecule has 0 saturated heterocycles. The van der Waals surface area contributed by atoms with Gasteiger partial charge in [-0.15, -0.1) is 0 Å². The summed E-state index contributed by atoms with van der Waals surface area (Å²) < 4.78 is 6.60. The molecule has 0 radical (unpaired) electrons. The number of carbonyl (C=O) groups is 2. The summed E-state index contributed by atoms with van der Waals surface area (Å²) >= 11 is 14.2. The van der Waals surface area contributed by atoms with Crippen LogP contribution in [0, 0.1) is 17.0 Å². The van der Waals surface area contributed by atoms with Crippen molar-refractivity contribution < 1.29 is 19.2 Å². The van der Waals surface area contributed by atoms with Crippen molar-refractivity contribution in [2.45, 2.75) is 26.7 Å². The first-order valence-corrected chi connectivity index (χ1v) is 10.8. The van der Waals surface area contributed by atoms with Crippen LogP contribution in [0.2, 0.25) is 5.02 Å². The van der Waals surface area contributed by atoms with Gasteiger partial charge in [0, 0.05) is 16.1 Å². The monoisotopic (exact) mass is 542 g/mol. The van der Waals surface area contributed by atoms with E-state index in [1.165, 1.54) is 12.1 Å². The van der Waals surface area contributed by atoms with Crippen LogP contribution in [0.5, 0.6) is 5.75 Å². The highest BCUT2D eigenvalue weighted by molar-refractivity contribution is 9.10. The minimum Gasteiger partial charge on any atom is -0.483 e. The van der Waals surface area contributed by atoms with Gasteiger partial charge in [0.25, 0.3) is 17.5 Å². The normalized spacial score (nSPS) is 10.4. The minimum atomic E-state index is -0.704. The first kappa shape index (κ1) is 25.5. The van der Waals surface area contributed by atoms with E-state index in [2.05, 4.69) is 32.1 Å². The van der Waals surface area contributed by atoms with E-state index in [0.29, 0.717) is 5.75 Å². The van der Waals surface area contributed by atoms with E-state index in [9.17, 15) is 19.7 Å². The average Bonchev–Trinajstić information content (AvgIpc) is 2.72. The number of hydrazine groups is 1. The maximum atomic E-state index is 12.2. The van der Waals surface area contributed by atoms with Crippen molar-refractivity contribution in [1.29, 1.82) is 0 Å². The lowest BCUT2D eigenvalue weighted by Gasteiger charge is -2.16. The maximum absolute atomic E-state index is 12.2. The minimum absolute atomic E-state index is 0.0158. The molecule has 12 heteroatoms. The summed E-state index contributed by atoms with van der Waals surface area (Å²) in [4.78, 5) is 34.5. The Morgan fingerprint density at radius 3 is 2.56 bits per heavy atom. The van der Waals surface area contributed by atoms with Crippen molar-refractivity contribution in [2.75, 3.05) is 6.61 Å². The summed E-state index contributed by atoms with van der Waals surface area (Å²) in [7, 11) is 0. The first-order valence-electron chi connectivity index (χ1n) is 9.26. The van der Waals surface area contributed by atoms with Crippen molar-refractivity contribution in [3.05, 3.63) is 66.6 Å². The second-order valence-electron chi connectivity index (χ2n) is 6.96. The van der Waals surface area contributed by atoms with Gasteiger partial charge < -0.3 is 4.74 Å². The van der Waals surface area contributed by atoms with Gasteiger partial charge >= 0.3 is 0 Å². The van der Waals surface area contributed by atoms with E-state index in [1.807, 2.05) is 32.9 Å².